The van der Waals surface area contributed by atoms with Crippen LogP contribution in [0, 0.1) is 46.3 Å². The molecule has 2 aliphatic carbocycles. The molecule has 0 bridgehead atoms. The van der Waals surface area contributed by atoms with Gasteiger partial charge in [0, 0.05) is 11.8 Å². The highest BCUT2D eigenvalue weighted by Crippen LogP contribution is 2.55. The molecule has 0 aromatic heterocycles. The number of carbonyl (C=O) groups is 3. The van der Waals surface area contributed by atoms with Gasteiger partial charge in [0.2, 0.25) is 0 Å². The van der Waals surface area contributed by atoms with Gasteiger partial charge >= 0.3 is 11.9 Å². The topological polar surface area (TPSA) is 139 Å². The fourth-order valence-corrected chi connectivity index (χ4v) is 4.70. The fraction of sp³-hybridized carbons (Fsp3) is 0.320. The molecule has 2 aromatic carbocycles. The minimum atomic E-state index is -0.953. The van der Waals surface area contributed by atoms with Gasteiger partial charge < -0.3 is 10.2 Å². The highest BCUT2D eigenvalue weighted by atomic mass is 16.4. The first-order valence-electron chi connectivity index (χ1n) is 10.3. The molecule has 32 heavy (non-hydrogen) atoms. The third-order valence-corrected chi connectivity index (χ3v) is 6.58. The fourth-order valence-electron chi connectivity index (χ4n) is 4.70. The quantitative estimate of drug-likeness (QED) is 0.657. The van der Waals surface area contributed by atoms with Gasteiger partial charge in [-0.25, -0.2) is 0 Å². The van der Waals surface area contributed by atoms with Crippen molar-refractivity contribution in [2.24, 2.45) is 23.7 Å². The van der Waals surface area contributed by atoms with Crippen LogP contribution in [0.1, 0.15) is 46.9 Å². The third kappa shape index (κ3) is 3.98. The van der Waals surface area contributed by atoms with E-state index in [0.717, 1.165) is 0 Å². The maximum absolute atomic E-state index is 13.9. The predicted molar refractivity (Wildman–Crippen MR) is 111 cm³/mol. The average molecular weight is 428 g/mol. The lowest BCUT2D eigenvalue weighted by atomic mass is 9.77. The molecule has 6 atom stereocenters. The standard InChI is InChI=1S/C25H20N2O5/c26-11-13-1-5-15(6-2-13)21(17-9-19(17)24(29)30)23(28)22(18-10-20(18)25(31)32)16-7-3-14(12-27)4-8-16/h1-8,17-22H,9-10H2,(H,29,30)(H,31,32). The van der Waals surface area contributed by atoms with Crippen LogP contribution in [0.5, 0.6) is 0 Å². The van der Waals surface area contributed by atoms with Gasteiger partial charge in [-0.15, -0.1) is 0 Å². The van der Waals surface area contributed by atoms with E-state index in [9.17, 15) is 24.6 Å². The van der Waals surface area contributed by atoms with E-state index < -0.39 is 35.6 Å². The van der Waals surface area contributed by atoms with Crippen LogP contribution in [0.3, 0.4) is 0 Å². The molecular weight excluding hydrogens is 408 g/mol. The first kappa shape index (κ1) is 21.3. The van der Waals surface area contributed by atoms with Crippen molar-refractivity contribution in [2.45, 2.75) is 24.7 Å². The van der Waals surface area contributed by atoms with Crippen LogP contribution in [0.4, 0.5) is 0 Å². The Morgan fingerprint density at radius 2 is 1.06 bits per heavy atom. The summed E-state index contributed by atoms with van der Waals surface area (Å²) in [5.74, 6) is -5.54. The van der Waals surface area contributed by atoms with Gasteiger partial charge in [0.15, 0.2) is 0 Å². The van der Waals surface area contributed by atoms with Crippen molar-refractivity contribution in [2.75, 3.05) is 0 Å². The maximum Gasteiger partial charge on any atom is 0.306 e. The molecule has 2 N–H and O–H groups in total. The lowest BCUT2D eigenvalue weighted by molar-refractivity contribution is -0.139. The molecule has 2 fully saturated rings. The van der Waals surface area contributed by atoms with E-state index in [1.807, 2.05) is 12.1 Å². The number of carboxylic acids is 2. The summed E-state index contributed by atoms with van der Waals surface area (Å²) in [7, 11) is 0. The molecule has 4 rings (SSSR count). The number of Topliss-reactive ketones (excluding diaryl/α,β-unsaturated/α-hetero) is 1. The summed E-state index contributed by atoms with van der Waals surface area (Å²) in [5.41, 5.74) is 2.13. The summed E-state index contributed by atoms with van der Waals surface area (Å²) < 4.78 is 0. The second kappa shape index (κ2) is 8.28. The first-order valence-corrected chi connectivity index (χ1v) is 10.3. The Morgan fingerprint density at radius 3 is 1.31 bits per heavy atom. The van der Waals surface area contributed by atoms with Crippen molar-refractivity contribution in [3.05, 3.63) is 70.8 Å². The zero-order chi connectivity index (χ0) is 23.0. The number of nitriles is 2. The summed E-state index contributed by atoms with van der Waals surface area (Å²) >= 11 is 0. The molecule has 7 heteroatoms. The van der Waals surface area contributed by atoms with Gasteiger partial charge in [-0.3, -0.25) is 14.4 Å². The average Bonchev–Trinajstić information content (AvgIpc) is 3.70. The number of hydrogen-bond acceptors (Lipinski definition) is 5. The third-order valence-electron chi connectivity index (χ3n) is 6.58. The van der Waals surface area contributed by atoms with Crippen LogP contribution in [0.2, 0.25) is 0 Å². The molecule has 2 aliphatic rings. The monoisotopic (exact) mass is 428 g/mol. The van der Waals surface area contributed by atoms with E-state index in [-0.39, 0.29) is 17.6 Å². The van der Waals surface area contributed by atoms with Crippen LogP contribution >= 0.6 is 0 Å². The molecule has 0 aliphatic heterocycles. The van der Waals surface area contributed by atoms with Crippen LogP contribution in [0.25, 0.3) is 0 Å². The van der Waals surface area contributed by atoms with Crippen molar-refractivity contribution in [3.63, 3.8) is 0 Å². The molecule has 0 amide bonds. The lowest BCUT2D eigenvalue weighted by Crippen LogP contribution is -2.26. The minimum Gasteiger partial charge on any atom is -0.481 e. The highest BCUT2D eigenvalue weighted by Gasteiger charge is 2.56. The Labute approximate surface area is 184 Å². The normalized spacial score (nSPS) is 24.9. The van der Waals surface area contributed by atoms with E-state index in [0.29, 0.717) is 35.1 Å². The summed E-state index contributed by atoms with van der Waals surface area (Å²) in [6, 6.07) is 17.2. The van der Waals surface area contributed by atoms with E-state index in [1.165, 1.54) is 0 Å². The summed E-state index contributed by atoms with van der Waals surface area (Å²) in [5, 5.41) is 37.1. The van der Waals surface area contributed by atoms with Gasteiger partial charge in [0.1, 0.15) is 5.78 Å². The number of aliphatic carboxylic acids is 2. The van der Waals surface area contributed by atoms with Crippen LogP contribution in [-0.4, -0.2) is 27.9 Å². The minimum absolute atomic E-state index is 0.207. The molecule has 2 saturated carbocycles. The second-order valence-corrected chi connectivity index (χ2v) is 8.51. The van der Waals surface area contributed by atoms with Gasteiger partial charge in [0.25, 0.3) is 0 Å². The number of nitrogens with zero attached hydrogens (tertiary/aromatic N) is 2. The smallest absolute Gasteiger partial charge is 0.306 e. The van der Waals surface area contributed by atoms with Crippen LogP contribution in [0.15, 0.2) is 48.5 Å². The van der Waals surface area contributed by atoms with Crippen molar-refractivity contribution < 1.29 is 24.6 Å². The number of carboxylic acid groups (broad SMARTS) is 2. The molecule has 0 spiro atoms. The van der Waals surface area contributed by atoms with E-state index in [2.05, 4.69) is 0 Å². The molecule has 0 heterocycles. The van der Waals surface area contributed by atoms with Gasteiger partial charge in [-0.1, -0.05) is 24.3 Å². The molecular formula is C25H20N2O5. The molecule has 160 valence electrons. The molecule has 6 unspecified atom stereocenters. The van der Waals surface area contributed by atoms with Crippen LogP contribution in [-0.2, 0) is 14.4 Å². The Balaban J connectivity index is 1.73. The highest BCUT2D eigenvalue weighted by molar-refractivity contribution is 5.95. The maximum atomic E-state index is 13.9. The van der Waals surface area contributed by atoms with Crippen molar-refractivity contribution in [1.82, 2.24) is 0 Å². The molecule has 0 radical (unpaired) electrons. The SMILES string of the molecule is N#Cc1ccc(C(C(=O)C(c2ccc(C#N)cc2)C2CC2C(=O)O)C2CC2C(=O)O)cc1. The summed E-state index contributed by atoms with van der Waals surface area (Å²) in [6.45, 7) is 0. The van der Waals surface area contributed by atoms with Crippen molar-refractivity contribution in [1.29, 1.82) is 10.5 Å². The molecule has 2 aromatic rings. The van der Waals surface area contributed by atoms with E-state index in [4.69, 9.17) is 10.5 Å². The van der Waals surface area contributed by atoms with Crippen LogP contribution < -0.4 is 0 Å². The van der Waals surface area contributed by atoms with Gasteiger partial charge in [-0.05, 0) is 60.1 Å². The van der Waals surface area contributed by atoms with E-state index in [1.54, 1.807) is 48.5 Å². The number of ketones is 1. The molecule has 7 nitrogen and oxygen atoms in total. The van der Waals surface area contributed by atoms with Crippen molar-refractivity contribution >= 4 is 17.7 Å². The number of carbonyl (C=O) groups excluding carboxylic acids is 1. The predicted octanol–water partition coefficient (Wildman–Crippen LogP) is 3.31. The largest absolute Gasteiger partial charge is 0.481 e. The lowest BCUT2D eigenvalue weighted by Gasteiger charge is -2.24. The summed E-state index contributed by atoms with van der Waals surface area (Å²) in [4.78, 5) is 37.1. The Bertz CT molecular complexity index is 1070. The Kier molecular flexibility index (Phi) is 5.50. The zero-order valence-corrected chi connectivity index (χ0v) is 17.0. The zero-order valence-electron chi connectivity index (χ0n) is 17.0. The number of rotatable bonds is 8. The Hall–Kier alpha value is -3.97. The summed E-state index contributed by atoms with van der Waals surface area (Å²) in [6.07, 6.45) is 0.748. The Morgan fingerprint density at radius 1 is 0.719 bits per heavy atom. The van der Waals surface area contributed by atoms with Gasteiger partial charge in [-0.2, -0.15) is 10.5 Å². The van der Waals surface area contributed by atoms with E-state index >= 15 is 0 Å². The van der Waals surface area contributed by atoms with Gasteiger partial charge in [0.05, 0.1) is 35.1 Å². The van der Waals surface area contributed by atoms with Crippen molar-refractivity contribution in [3.8, 4) is 12.1 Å². The molecule has 0 saturated heterocycles. The number of benzene rings is 2. The number of hydrogen-bond donors (Lipinski definition) is 2. The first-order chi connectivity index (χ1) is 15.3. The second-order valence-electron chi connectivity index (χ2n) is 8.51.